The van der Waals surface area contributed by atoms with E-state index in [1.165, 1.54) is 18.6 Å². The minimum Gasteiger partial charge on any atom is -0.478 e. The number of nitro groups is 1. The minimum absolute atomic E-state index is 0.0403. The van der Waals surface area contributed by atoms with Crippen molar-refractivity contribution in [2.24, 2.45) is 5.92 Å². The van der Waals surface area contributed by atoms with Gasteiger partial charge in [-0.1, -0.05) is 19.8 Å². The molecule has 6 heteroatoms. The summed E-state index contributed by atoms with van der Waals surface area (Å²) in [4.78, 5) is 21.5. The topological polar surface area (TPSA) is 92.5 Å². The van der Waals surface area contributed by atoms with E-state index in [2.05, 4.69) is 12.2 Å². The molecule has 1 aromatic rings. The first-order valence-electron chi connectivity index (χ1n) is 7.25. The maximum atomic E-state index is 11.3. The molecular formula is C15H20N2O4. The van der Waals surface area contributed by atoms with Crippen LogP contribution >= 0.6 is 0 Å². The van der Waals surface area contributed by atoms with Gasteiger partial charge in [-0.25, -0.2) is 4.79 Å². The fraction of sp³-hybridized carbons (Fsp3) is 0.533. The molecule has 2 atom stereocenters. The second-order valence-electron chi connectivity index (χ2n) is 5.75. The maximum absolute atomic E-state index is 11.3. The molecular weight excluding hydrogens is 272 g/mol. The Bertz CT molecular complexity index is 544. The van der Waals surface area contributed by atoms with Crippen LogP contribution in [0.5, 0.6) is 0 Å². The largest absolute Gasteiger partial charge is 0.478 e. The Balaban J connectivity index is 2.18. The smallest absolute Gasteiger partial charge is 0.338 e. The van der Waals surface area contributed by atoms with E-state index in [1.807, 2.05) is 0 Å². The van der Waals surface area contributed by atoms with Crippen LogP contribution in [-0.2, 0) is 0 Å². The number of hydrogen-bond acceptors (Lipinski definition) is 4. The molecule has 0 amide bonds. The van der Waals surface area contributed by atoms with Crippen molar-refractivity contribution in [1.82, 2.24) is 0 Å². The van der Waals surface area contributed by atoms with Crippen molar-refractivity contribution in [2.75, 3.05) is 5.32 Å². The van der Waals surface area contributed by atoms with Crippen molar-refractivity contribution in [2.45, 2.75) is 45.1 Å². The predicted octanol–water partition coefficient (Wildman–Crippen LogP) is 3.67. The molecule has 114 valence electrons. The Labute approximate surface area is 123 Å². The van der Waals surface area contributed by atoms with Crippen molar-refractivity contribution in [3.8, 4) is 0 Å². The first-order valence-corrected chi connectivity index (χ1v) is 7.25. The van der Waals surface area contributed by atoms with Crippen LogP contribution in [0.2, 0.25) is 0 Å². The lowest BCUT2D eigenvalue weighted by molar-refractivity contribution is -0.384. The zero-order chi connectivity index (χ0) is 15.4. The average molecular weight is 292 g/mol. The molecule has 1 aliphatic rings. The minimum atomic E-state index is -1.15. The Morgan fingerprint density at radius 3 is 2.76 bits per heavy atom. The number of non-ortho nitro benzene ring substituents is 1. The van der Waals surface area contributed by atoms with E-state index in [9.17, 15) is 20.0 Å². The van der Waals surface area contributed by atoms with Crippen LogP contribution in [0.4, 0.5) is 11.4 Å². The number of rotatable bonds is 4. The molecule has 0 aromatic heterocycles. The third kappa shape index (κ3) is 3.93. The summed E-state index contributed by atoms with van der Waals surface area (Å²) in [5.74, 6) is -0.448. The second-order valence-corrected chi connectivity index (χ2v) is 5.75. The number of carboxylic acid groups (broad SMARTS) is 1. The molecule has 0 heterocycles. The Hall–Kier alpha value is -2.11. The Morgan fingerprint density at radius 2 is 2.10 bits per heavy atom. The van der Waals surface area contributed by atoms with Gasteiger partial charge in [0.2, 0.25) is 0 Å². The van der Waals surface area contributed by atoms with Crippen molar-refractivity contribution < 1.29 is 14.8 Å². The number of carboxylic acids is 1. The van der Waals surface area contributed by atoms with Gasteiger partial charge >= 0.3 is 5.97 Å². The fourth-order valence-electron chi connectivity index (χ4n) is 2.80. The average Bonchev–Trinajstić information content (AvgIpc) is 2.63. The van der Waals surface area contributed by atoms with E-state index < -0.39 is 10.9 Å². The number of anilines is 1. The highest BCUT2D eigenvalue weighted by Gasteiger charge is 2.20. The molecule has 2 rings (SSSR count). The lowest BCUT2D eigenvalue weighted by atomic mass is 10.0. The normalized spacial score (nSPS) is 22.3. The Kier molecular flexibility index (Phi) is 4.77. The van der Waals surface area contributed by atoms with Gasteiger partial charge in [0, 0.05) is 23.9 Å². The molecule has 0 bridgehead atoms. The van der Waals surface area contributed by atoms with Crippen molar-refractivity contribution in [3.05, 3.63) is 33.9 Å². The van der Waals surface area contributed by atoms with Crippen LogP contribution < -0.4 is 5.32 Å². The Morgan fingerprint density at radius 1 is 1.33 bits per heavy atom. The van der Waals surface area contributed by atoms with Crippen LogP contribution in [0.1, 0.15) is 49.4 Å². The molecule has 0 saturated heterocycles. The second kappa shape index (κ2) is 6.56. The number of benzene rings is 1. The highest BCUT2D eigenvalue weighted by molar-refractivity contribution is 5.95. The van der Waals surface area contributed by atoms with Gasteiger partial charge in [0.05, 0.1) is 10.5 Å². The first kappa shape index (κ1) is 15.3. The van der Waals surface area contributed by atoms with Crippen molar-refractivity contribution in [1.29, 1.82) is 0 Å². The molecule has 0 spiro atoms. The van der Waals surface area contributed by atoms with Gasteiger partial charge in [-0.15, -0.1) is 0 Å². The van der Waals surface area contributed by atoms with Crippen LogP contribution in [0.3, 0.4) is 0 Å². The standard InChI is InChI=1S/C15H20N2O4/c1-10-3-2-4-11(6-5-10)16-14-8-7-12(17(20)21)9-13(14)15(18)19/h7-11,16H,2-6H2,1H3,(H,18,19). The summed E-state index contributed by atoms with van der Waals surface area (Å²) >= 11 is 0. The van der Waals surface area contributed by atoms with E-state index in [0.29, 0.717) is 11.6 Å². The summed E-state index contributed by atoms with van der Waals surface area (Å²) in [5.41, 5.74) is 0.224. The number of carbonyl (C=O) groups is 1. The van der Waals surface area contributed by atoms with Crippen LogP contribution in [0.15, 0.2) is 18.2 Å². The van der Waals surface area contributed by atoms with E-state index in [-0.39, 0.29) is 17.3 Å². The number of nitrogens with one attached hydrogen (secondary N) is 1. The summed E-state index contributed by atoms with van der Waals surface area (Å²) in [6, 6.07) is 4.18. The van der Waals surface area contributed by atoms with Crippen LogP contribution in [0, 0.1) is 16.0 Å². The van der Waals surface area contributed by atoms with Crippen LogP contribution in [0.25, 0.3) is 0 Å². The molecule has 0 aliphatic heterocycles. The van der Waals surface area contributed by atoms with Gasteiger partial charge in [-0.3, -0.25) is 10.1 Å². The van der Waals surface area contributed by atoms with Gasteiger partial charge in [-0.2, -0.15) is 0 Å². The predicted molar refractivity (Wildman–Crippen MR) is 79.7 cm³/mol. The summed E-state index contributed by atoms with van der Waals surface area (Å²) in [6.45, 7) is 2.23. The lowest BCUT2D eigenvalue weighted by Crippen LogP contribution is -2.20. The molecule has 1 fully saturated rings. The molecule has 21 heavy (non-hydrogen) atoms. The molecule has 1 saturated carbocycles. The van der Waals surface area contributed by atoms with E-state index in [0.717, 1.165) is 31.7 Å². The van der Waals surface area contributed by atoms with E-state index >= 15 is 0 Å². The lowest BCUT2D eigenvalue weighted by Gasteiger charge is -2.19. The summed E-state index contributed by atoms with van der Waals surface area (Å²) < 4.78 is 0. The van der Waals surface area contributed by atoms with Crippen molar-refractivity contribution in [3.63, 3.8) is 0 Å². The fourth-order valence-corrected chi connectivity index (χ4v) is 2.80. The summed E-state index contributed by atoms with van der Waals surface area (Å²) in [6.07, 6.45) is 5.43. The molecule has 2 unspecified atom stereocenters. The number of hydrogen-bond donors (Lipinski definition) is 2. The molecule has 2 N–H and O–H groups in total. The van der Waals surface area contributed by atoms with Gasteiger partial charge < -0.3 is 10.4 Å². The third-order valence-electron chi connectivity index (χ3n) is 4.06. The molecule has 1 aromatic carbocycles. The highest BCUT2D eigenvalue weighted by atomic mass is 16.6. The molecule has 6 nitrogen and oxygen atoms in total. The summed E-state index contributed by atoms with van der Waals surface area (Å²) in [7, 11) is 0. The van der Waals surface area contributed by atoms with E-state index in [4.69, 9.17) is 0 Å². The zero-order valence-electron chi connectivity index (χ0n) is 12.0. The monoisotopic (exact) mass is 292 g/mol. The SMILES string of the molecule is CC1CCCC(Nc2ccc([N+](=O)[O-])cc2C(=O)O)CC1. The number of nitro benzene ring substituents is 1. The number of nitrogens with zero attached hydrogens (tertiary/aromatic N) is 1. The first-order chi connectivity index (χ1) is 9.97. The van der Waals surface area contributed by atoms with Crippen LogP contribution in [-0.4, -0.2) is 22.0 Å². The summed E-state index contributed by atoms with van der Waals surface area (Å²) in [5, 5.41) is 23.2. The molecule has 1 aliphatic carbocycles. The quantitative estimate of drug-likeness (QED) is 0.501. The van der Waals surface area contributed by atoms with Gasteiger partial charge in [0.15, 0.2) is 0 Å². The van der Waals surface area contributed by atoms with E-state index in [1.54, 1.807) is 0 Å². The van der Waals surface area contributed by atoms with Gasteiger partial charge in [-0.05, 0) is 31.2 Å². The van der Waals surface area contributed by atoms with Gasteiger partial charge in [0.25, 0.3) is 5.69 Å². The third-order valence-corrected chi connectivity index (χ3v) is 4.06. The molecule has 0 radical (unpaired) electrons. The van der Waals surface area contributed by atoms with Crippen molar-refractivity contribution >= 4 is 17.3 Å². The van der Waals surface area contributed by atoms with Gasteiger partial charge in [0.1, 0.15) is 0 Å². The zero-order valence-corrected chi connectivity index (χ0v) is 12.0. The maximum Gasteiger partial charge on any atom is 0.338 e. The number of aromatic carboxylic acids is 1. The highest BCUT2D eigenvalue weighted by Crippen LogP contribution is 2.28.